The second-order valence-electron chi connectivity index (χ2n) is 2.81. The molecule has 2 nitrogen and oxygen atoms in total. The van der Waals surface area contributed by atoms with Crippen molar-refractivity contribution in [2.24, 2.45) is 5.92 Å². The van der Waals surface area contributed by atoms with Gasteiger partial charge in [0.1, 0.15) is 6.61 Å². The highest BCUT2D eigenvalue weighted by Gasteiger charge is 2.33. The van der Waals surface area contributed by atoms with Crippen molar-refractivity contribution >= 4 is 5.78 Å². The summed E-state index contributed by atoms with van der Waals surface area (Å²) in [5.74, 6) is 0.0803. The maximum atomic E-state index is 11.9. The Kier molecular flexibility index (Phi) is 3.00. The quantitative estimate of drug-likeness (QED) is 0.622. The summed E-state index contributed by atoms with van der Waals surface area (Å²) in [6, 6.07) is 0. The molecule has 1 aliphatic heterocycles. The summed E-state index contributed by atoms with van der Waals surface area (Å²) in [6.45, 7) is 1.72. The Morgan fingerprint density at radius 3 is 3.00 bits per heavy atom. The molecule has 11 heavy (non-hydrogen) atoms. The van der Waals surface area contributed by atoms with Gasteiger partial charge < -0.3 is 4.74 Å². The van der Waals surface area contributed by atoms with E-state index >= 15 is 0 Å². The molecule has 0 radical (unpaired) electrons. The van der Waals surface area contributed by atoms with E-state index in [0.29, 0.717) is 6.42 Å². The molecule has 1 saturated heterocycles. The molecule has 2 unspecified atom stereocenters. The van der Waals surface area contributed by atoms with Crippen molar-refractivity contribution < 1.29 is 13.9 Å². The van der Waals surface area contributed by atoms with E-state index in [-0.39, 0.29) is 24.4 Å². The fourth-order valence-corrected chi connectivity index (χ4v) is 1.50. The first-order chi connectivity index (χ1) is 5.29. The monoisotopic (exact) mass is 160 g/mol. The van der Waals surface area contributed by atoms with Crippen LogP contribution >= 0.6 is 0 Å². The molecule has 0 saturated carbocycles. The molecule has 0 aromatic rings. The van der Waals surface area contributed by atoms with Crippen molar-refractivity contribution in [3.63, 3.8) is 0 Å². The van der Waals surface area contributed by atoms with E-state index in [2.05, 4.69) is 0 Å². The molecule has 1 rings (SSSR count). The van der Waals surface area contributed by atoms with Gasteiger partial charge in [-0.1, -0.05) is 6.92 Å². The number of hydrogen-bond donors (Lipinski definition) is 0. The third kappa shape index (κ3) is 1.77. The molecule has 1 fully saturated rings. The van der Waals surface area contributed by atoms with Crippen LogP contribution in [0.5, 0.6) is 0 Å². The fraction of sp³-hybridized carbons (Fsp3) is 0.875. The number of ketones is 1. The highest BCUT2D eigenvalue weighted by Crippen LogP contribution is 2.23. The maximum absolute atomic E-state index is 11.9. The van der Waals surface area contributed by atoms with Gasteiger partial charge in [-0.25, -0.2) is 0 Å². The molecule has 3 heteroatoms. The first kappa shape index (κ1) is 8.65. The molecule has 0 N–H and O–H groups in total. The minimum absolute atomic E-state index is 0.0502. The molecular formula is C8H13FO2. The summed E-state index contributed by atoms with van der Waals surface area (Å²) in [7, 11) is 0. The van der Waals surface area contributed by atoms with Crippen molar-refractivity contribution in [3.05, 3.63) is 0 Å². The smallest absolute Gasteiger partial charge is 0.164 e. The van der Waals surface area contributed by atoms with Gasteiger partial charge in [0.2, 0.25) is 0 Å². The molecule has 0 spiro atoms. The van der Waals surface area contributed by atoms with Gasteiger partial charge in [0.15, 0.2) is 5.78 Å². The predicted molar refractivity (Wildman–Crippen MR) is 39.1 cm³/mol. The number of ether oxygens (including phenoxy) is 1. The summed E-state index contributed by atoms with van der Waals surface area (Å²) in [5, 5.41) is 0. The van der Waals surface area contributed by atoms with Crippen molar-refractivity contribution in [2.75, 3.05) is 13.3 Å². The van der Waals surface area contributed by atoms with E-state index < -0.39 is 6.67 Å². The molecule has 1 aliphatic rings. The van der Waals surface area contributed by atoms with Crippen LogP contribution < -0.4 is 0 Å². The van der Waals surface area contributed by atoms with E-state index in [9.17, 15) is 9.18 Å². The number of carbonyl (C=O) groups is 1. The Balaban J connectivity index is 2.47. The Labute approximate surface area is 65.7 Å². The summed E-state index contributed by atoms with van der Waals surface area (Å²) in [4.78, 5) is 11.0. The molecule has 0 aliphatic carbocycles. The minimum Gasteiger partial charge on any atom is -0.370 e. The number of hydrogen-bond acceptors (Lipinski definition) is 2. The van der Waals surface area contributed by atoms with Crippen molar-refractivity contribution in [1.82, 2.24) is 0 Å². The molecule has 0 bridgehead atoms. The van der Waals surface area contributed by atoms with E-state index in [1.807, 2.05) is 6.92 Å². The Morgan fingerprint density at radius 1 is 1.73 bits per heavy atom. The largest absolute Gasteiger partial charge is 0.370 e. The highest BCUT2D eigenvalue weighted by atomic mass is 19.1. The van der Waals surface area contributed by atoms with E-state index in [1.165, 1.54) is 0 Å². The Hall–Kier alpha value is -0.440. The highest BCUT2D eigenvalue weighted by molar-refractivity contribution is 5.84. The molecule has 64 valence electrons. The van der Waals surface area contributed by atoms with Crippen LogP contribution in [-0.2, 0) is 9.53 Å². The second kappa shape index (κ2) is 3.81. The lowest BCUT2D eigenvalue weighted by atomic mass is 9.96. The van der Waals surface area contributed by atoms with E-state index in [0.717, 1.165) is 6.42 Å². The zero-order valence-corrected chi connectivity index (χ0v) is 6.68. The van der Waals surface area contributed by atoms with Crippen molar-refractivity contribution in [2.45, 2.75) is 25.9 Å². The summed E-state index contributed by atoms with van der Waals surface area (Å²) in [6.07, 6.45) is 0.978. The lowest BCUT2D eigenvalue weighted by Gasteiger charge is -2.12. The number of halogens is 1. The van der Waals surface area contributed by atoms with Gasteiger partial charge >= 0.3 is 0 Å². The molecule has 2 atom stereocenters. The average molecular weight is 160 g/mol. The molecule has 1 heterocycles. The Morgan fingerprint density at radius 2 is 2.45 bits per heavy atom. The van der Waals surface area contributed by atoms with Crippen LogP contribution in [-0.4, -0.2) is 25.2 Å². The van der Waals surface area contributed by atoms with Gasteiger partial charge in [-0.2, -0.15) is 0 Å². The van der Waals surface area contributed by atoms with Crippen LogP contribution in [0.1, 0.15) is 19.8 Å². The number of rotatable bonds is 3. The molecular weight excluding hydrogens is 147 g/mol. The lowest BCUT2D eigenvalue weighted by molar-refractivity contribution is -0.120. The van der Waals surface area contributed by atoms with Gasteiger partial charge in [-0.05, 0) is 6.42 Å². The van der Waals surface area contributed by atoms with Gasteiger partial charge in [-0.3, -0.25) is 9.18 Å². The van der Waals surface area contributed by atoms with E-state index in [1.54, 1.807) is 0 Å². The lowest BCUT2D eigenvalue weighted by Crippen LogP contribution is -2.20. The summed E-state index contributed by atoms with van der Waals surface area (Å²) < 4.78 is 17.0. The fourth-order valence-electron chi connectivity index (χ4n) is 1.50. The SMILES string of the molecule is CCC1C(=O)COC1CCF. The van der Waals surface area contributed by atoms with Crippen LogP contribution in [0.3, 0.4) is 0 Å². The van der Waals surface area contributed by atoms with Gasteiger partial charge in [0.25, 0.3) is 0 Å². The summed E-state index contributed by atoms with van der Waals surface area (Å²) >= 11 is 0. The van der Waals surface area contributed by atoms with Crippen LogP contribution in [0, 0.1) is 5.92 Å². The first-order valence-corrected chi connectivity index (χ1v) is 3.99. The molecule has 0 aromatic heterocycles. The molecule has 0 aromatic carbocycles. The van der Waals surface area contributed by atoms with E-state index in [4.69, 9.17) is 4.74 Å². The van der Waals surface area contributed by atoms with Crippen molar-refractivity contribution in [3.8, 4) is 0 Å². The topological polar surface area (TPSA) is 26.3 Å². The second-order valence-corrected chi connectivity index (χ2v) is 2.81. The number of alkyl halides is 1. The Bertz CT molecular complexity index is 147. The average Bonchev–Trinajstić information content (AvgIpc) is 2.33. The van der Waals surface area contributed by atoms with Crippen LogP contribution in [0.15, 0.2) is 0 Å². The minimum atomic E-state index is -0.394. The third-order valence-electron chi connectivity index (χ3n) is 2.14. The third-order valence-corrected chi connectivity index (χ3v) is 2.14. The van der Waals surface area contributed by atoms with Gasteiger partial charge in [0.05, 0.1) is 12.8 Å². The zero-order valence-electron chi connectivity index (χ0n) is 6.68. The van der Waals surface area contributed by atoms with Crippen LogP contribution in [0.4, 0.5) is 4.39 Å². The predicted octanol–water partition coefficient (Wildman–Crippen LogP) is 1.34. The number of Topliss-reactive ketones (excluding diaryl/α,β-unsaturated/α-hetero) is 1. The van der Waals surface area contributed by atoms with Gasteiger partial charge in [0, 0.05) is 12.3 Å². The summed E-state index contributed by atoms with van der Waals surface area (Å²) in [5.41, 5.74) is 0. The zero-order chi connectivity index (χ0) is 8.27. The standard InChI is InChI=1S/C8H13FO2/c1-2-6-7(10)5-11-8(6)3-4-9/h6,8H,2-5H2,1H3. The number of carbonyl (C=O) groups excluding carboxylic acids is 1. The first-order valence-electron chi connectivity index (χ1n) is 3.99. The normalized spacial score (nSPS) is 31.3. The maximum Gasteiger partial charge on any atom is 0.164 e. The molecule has 0 amide bonds. The van der Waals surface area contributed by atoms with Gasteiger partial charge in [-0.15, -0.1) is 0 Å². The van der Waals surface area contributed by atoms with Crippen LogP contribution in [0.25, 0.3) is 0 Å². The van der Waals surface area contributed by atoms with Crippen molar-refractivity contribution in [1.29, 1.82) is 0 Å². The van der Waals surface area contributed by atoms with Crippen LogP contribution in [0.2, 0.25) is 0 Å².